The number of nitrogens with one attached hydrogen (secondary N) is 1. The topological polar surface area (TPSA) is 72.9 Å². The quantitative estimate of drug-likeness (QED) is 0.771. The van der Waals surface area contributed by atoms with Crippen LogP contribution < -0.4 is 11.1 Å². The first-order valence-electron chi connectivity index (χ1n) is 8.36. The lowest BCUT2D eigenvalue weighted by Crippen LogP contribution is -2.40. The Morgan fingerprint density at radius 2 is 2.04 bits per heavy atom. The number of fused-ring (bicyclic) bond motifs is 1. The fourth-order valence-electron chi connectivity index (χ4n) is 3.40. The zero-order valence-electron chi connectivity index (χ0n) is 13.7. The molecule has 0 unspecified atom stereocenters. The van der Waals surface area contributed by atoms with Crippen LogP contribution in [0.2, 0.25) is 0 Å². The number of nitrogens with zero attached hydrogens (tertiary/aromatic N) is 2. The first-order chi connectivity index (χ1) is 12.1. The molecular weight excluding hydrogens is 319 g/mol. The number of amides is 1. The van der Waals surface area contributed by atoms with E-state index in [1.807, 2.05) is 36.5 Å². The second kappa shape index (κ2) is 5.97. The zero-order chi connectivity index (χ0) is 17.4. The number of piperidine rings is 1. The Balaban J connectivity index is 1.69. The normalized spacial score (nSPS) is 20.7. The maximum Gasteiger partial charge on any atom is 0.250 e. The molecular formula is C19H19FN4O. The fourth-order valence-corrected chi connectivity index (χ4v) is 3.40. The predicted molar refractivity (Wildman–Crippen MR) is 94.5 cm³/mol. The number of nitrogens with two attached hydrogens (primary N) is 1. The van der Waals surface area contributed by atoms with Gasteiger partial charge in [0.25, 0.3) is 5.91 Å². The first-order valence-corrected chi connectivity index (χ1v) is 8.36. The maximum atomic E-state index is 15.0. The van der Waals surface area contributed by atoms with Crippen LogP contribution in [-0.2, 0) is 5.67 Å². The van der Waals surface area contributed by atoms with Crippen LogP contribution in [0.4, 0.5) is 4.39 Å². The molecule has 0 radical (unpaired) electrons. The van der Waals surface area contributed by atoms with Crippen LogP contribution in [0.25, 0.3) is 16.6 Å². The molecule has 128 valence electrons. The predicted octanol–water partition coefficient (Wildman–Crippen LogP) is 2.67. The Hall–Kier alpha value is -2.73. The Morgan fingerprint density at radius 1 is 1.24 bits per heavy atom. The van der Waals surface area contributed by atoms with E-state index in [4.69, 9.17) is 5.73 Å². The van der Waals surface area contributed by atoms with Crippen LogP contribution in [0.1, 0.15) is 28.8 Å². The van der Waals surface area contributed by atoms with E-state index in [0.717, 1.165) is 24.0 Å². The van der Waals surface area contributed by atoms with Gasteiger partial charge in [0.15, 0.2) is 0 Å². The summed E-state index contributed by atoms with van der Waals surface area (Å²) in [4.78, 5) is 11.5. The van der Waals surface area contributed by atoms with Gasteiger partial charge in [-0.1, -0.05) is 24.3 Å². The minimum absolute atomic E-state index is 0.347. The summed E-state index contributed by atoms with van der Waals surface area (Å²) in [6.45, 7) is 1.21. The van der Waals surface area contributed by atoms with Gasteiger partial charge in [0.2, 0.25) is 0 Å². The van der Waals surface area contributed by atoms with Gasteiger partial charge in [-0.15, -0.1) is 0 Å². The highest BCUT2D eigenvalue weighted by atomic mass is 19.1. The Kier molecular flexibility index (Phi) is 3.77. The molecule has 0 spiro atoms. The molecule has 25 heavy (non-hydrogen) atoms. The fraction of sp³-hybridized carbons (Fsp3) is 0.263. The second-order valence-electron chi connectivity index (χ2n) is 6.47. The van der Waals surface area contributed by atoms with E-state index in [0.29, 0.717) is 29.6 Å². The number of rotatable bonds is 3. The molecule has 2 heterocycles. The summed E-state index contributed by atoms with van der Waals surface area (Å²) in [6, 6.07) is 12.6. The molecule has 3 N–H and O–H groups in total. The Morgan fingerprint density at radius 3 is 2.72 bits per heavy atom. The third-order valence-electron chi connectivity index (χ3n) is 4.78. The van der Waals surface area contributed by atoms with Crippen LogP contribution in [-0.4, -0.2) is 28.8 Å². The highest BCUT2D eigenvalue weighted by Crippen LogP contribution is 2.33. The van der Waals surface area contributed by atoms with Crippen molar-refractivity contribution in [2.24, 2.45) is 5.73 Å². The molecule has 0 aliphatic carbocycles. The lowest BCUT2D eigenvalue weighted by atomic mass is 9.88. The van der Waals surface area contributed by atoms with Crippen molar-refractivity contribution < 1.29 is 9.18 Å². The number of aromatic nitrogens is 2. The van der Waals surface area contributed by atoms with Crippen molar-refractivity contribution in [2.75, 3.05) is 13.1 Å². The minimum atomic E-state index is -1.31. The molecule has 3 aromatic rings. The molecule has 1 aliphatic heterocycles. The molecule has 1 atom stereocenters. The lowest BCUT2D eigenvalue weighted by molar-refractivity contribution is 0.100. The van der Waals surface area contributed by atoms with Crippen molar-refractivity contribution >= 4 is 16.8 Å². The van der Waals surface area contributed by atoms with Gasteiger partial charge in [-0.05, 0) is 43.1 Å². The van der Waals surface area contributed by atoms with Crippen LogP contribution in [0.3, 0.4) is 0 Å². The van der Waals surface area contributed by atoms with Crippen molar-refractivity contribution in [3.05, 3.63) is 59.8 Å². The Labute approximate surface area is 144 Å². The van der Waals surface area contributed by atoms with Crippen LogP contribution in [0, 0.1) is 0 Å². The van der Waals surface area contributed by atoms with E-state index in [1.165, 1.54) is 0 Å². The van der Waals surface area contributed by atoms with Gasteiger partial charge < -0.3 is 11.1 Å². The molecule has 1 amide bonds. The highest BCUT2D eigenvalue weighted by molar-refractivity contribution is 6.04. The molecule has 1 aliphatic rings. The SMILES string of the molecule is NC(=O)c1cccc2cn(-c3ccc([C@]4(F)CCCNC4)cc3)nc12. The number of halogens is 1. The minimum Gasteiger partial charge on any atom is -0.366 e. The summed E-state index contributed by atoms with van der Waals surface area (Å²) < 4.78 is 16.7. The molecule has 1 aromatic heterocycles. The summed E-state index contributed by atoms with van der Waals surface area (Å²) >= 11 is 0. The standard InChI is InChI=1S/C19H19FN4O/c20-19(9-2-10-22-12-19)14-5-7-15(8-6-14)24-11-13-3-1-4-16(18(21)25)17(13)23-24/h1,3-8,11,22H,2,9-10,12H2,(H2,21,25)/t19-/m0/s1. The van der Waals surface area contributed by atoms with E-state index < -0.39 is 11.6 Å². The summed E-state index contributed by atoms with van der Waals surface area (Å²) in [5, 5.41) is 8.42. The van der Waals surface area contributed by atoms with Crippen LogP contribution >= 0.6 is 0 Å². The summed E-state index contributed by atoms with van der Waals surface area (Å²) in [5.74, 6) is -0.504. The smallest absolute Gasteiger partial charge is 0.250 e. The van der Waals surface area contributed by atoms with E-state index in [9.17, 15) is 4.79 Å². The van der Waals surface area contributed by atoms with Crippen LogP contribution in [0.5, 0.6) is 0 Å². The monoisotopic (exact) mass is 338 g/mol. The van der Waals surface area contributed by atoms with E-state index >= 15 is 4.39 Å². The van der Waals surface area contributed by atoms with Gasteiger partial charge in [-0.2, -0.15) is 5.10 Å². The summed E-state index contributed by atoms with van der Waals surface area (Å²) in [5.41, 5.74) is 6.54. The lowest BCUT2D eigenvalue weighted by Gasteiger charge is -2.30. The third kappa shape index (κ3) is 2.78. The Bertz CT molecular complexity index is 926. The zero-order valence-corrected chi connectivity index (χ0v) is 13.7. The summed E-state index contributed by atoms with van der Waals surface area (Å²) in [6.07, 6.45) is 3.20. The molecule has 1 saturated heterocycles. The summed E-state index contributed by atoms with van der Waals surface area (Å²) in [7, 11) is 0. The number of hydrogen-bond donors (Lipinski definition) is 2. The average molecular weight is 338 g/mol. The molecule has 5 nitrogen and oxygen atoms in total. The third-order valence-corrected chi connectivity index (χ3v) is 4.78. The second-order valence-corrected chi connectivity index (χ2v) is 6.47. The number of carbonyl (C=O) groups is 1. The van der Waals surface area contributed by atoms with Gasteiger partial charge in [-0.25, -0.2) is 9.07 Å². The van der Waals surface area contributed by atoms with Crippen molar-refractivity contribution in [1.82, 2.24) is 15.1 Å². The van der Waals surface area contributed by atoms with Crippen molar-refractivity contribution in [3.63, 3.8) is 0 Å². The first kappa shape index (κ1) is 15.8. The largest absolute Gasteiger partial charge is 0.366 e. The van der Waals surface area contributed by atoms with Crippen molar-refractivity contribution in [2.45, 2.75) is 18.5 Å². The molecule has 4 rings (SSSR count). The number of benzene rings is 2. The van der Waals surface area contributed by atoms with Gasteiger partial charge in [-0.3, -0.25) is 4.79 Å². The van der Waals surface area contributed by atoms with Gasteiger partial charge >= 0.3 is 0 Å². The molecule has 1 fully saturated rings. The van der Waals surface area contributed by atoms with Gasteiger partial charge in [0.1, 0.15) is 11.2 Å². The van der Waals surface area contributed by atoms with Gasteiger partial charge in [0.05, 0.1) is 11.3 Å². The molecule has 0 saturated carbocycles. The molecule has 2 aromatic carbocycles. The van der Waals surface area contributed by atoms with Crippen LogP contribution in [0.15, 0.2) is 48.7 Å². The number of carbonyl (C=O) groups excluding carboxylic acids is 1. The van der Waals surface area contributed by atoms with Gasteiger partial charge in [0, 0.05) is 18.1 Å². The maximum absolute atomic E-state index is 15.0. The average Bonchev–Trinajstić information content (AvgIpc) is 3.06. The number of hydrogen-bond acceptors (Lipinski definition) is 3. The van der Waals surface area contributed by atoms with Crippen molar-refractivity contribution in [1.29, 1.82) is 0 Å². The van der Waals surface area contributed by atoms with Crippen molar-refractivity contribution in [3.8, 4) is 5.69 Å². The number of primary amides is 1. The van der Waals surface area contributed by atoms with E-state index in [-0.39, 0.29) is 0 Å². The van der Waals surface area contributed by atoms with E-state index in [1.54, 1.807) is 16.8 Å². The number of alkyl halides is 1. The highest BCUT2D eigenvalue weighted by Gasteiger charge is 2.33. The van der Waals surface area contributed by atoms with E-state index in [2.05, 4.69) is 10.4 Å². The molecule has 0 bridgehead atoms. The molecule has 6 heteroatoms.